The SMILES string of the molecule is Cc1ncc(S(=O)(=O)N[C@H](C)c2ccc(Br)cc2)[nH]1. The minimum atomic E-state index is -3.58. The molecule has 5 nitrogen and oxygen atoms in total. The standard InChI is InChI=1S/C12H14BrN3O2S/c1-8(10-3-5-11(13)6-4-10)16-19(17,18)12-7-14-9(2)15-12/h3-8,16H,1-2H3,(H,14,15)/t8-/m1/s1. The lowest BCUT2D eigenvalue weighted by molar-refractivity contribution is 0.563. The highest BCUT2D eigenvalue weighted by molar-refractivity contribution is 9.10. The van der Waals surface area contributed by atoms with Crippen LogP contribution in [0, 0.1) is 6.92 Å². The van der Waals surface area contributed by atoms with Crippen LogP contribution in [0.5, 0.6) is 0 Å². The number of hydrogen-bond donors (Lipinski definition) is 2. The van der Waals surface area contributed by atoms with Crippen LogP contribution in [0.25, 0.3) is 0 Å². The van der Waals surface area contributed by atoms with E-state index in [1.165, 1.54) is 6.20 Å². The number of nitrogens with one attached hydrogen (secondary N) is 2. The number of H-pyrrole nitrogens is 1. The molecule has 0 bridgehead atoms. The van der Waals surface area contributed by atoms with E-state index in [-0.39, 0.29) is 11.1 Å². The fourth-order valence-electron chi connectivity index (χ4n) is 1.65. The number of rotatable bonds is 4. The number of benzene rings is 1. The first-order chi connectivity index (χ1) is 8.88. The second kappa shape index (κ2) is 5.44. The van der Waals surface area contributed by atoms with Gasteiger partial charge in [-0.15, -0.1) is 0 Å². The summed E-state index contributed by atoms with van der Waals surface area (Å²) >= 11 is 3.34. The molecule has 1 heterocycles. The second-order valence-corrected chi connectivity index (χ2v) is 6.83. The van der Waals surface area contributed by atoms with Crippen molar-refractivity contribution in [3.05, 3.63) is 46.3 Å². The van der Waals surface area contributed by atoms with E-state index < -0.39 is 10.0 Å². The number of imidazole rings is 1. The van der Waals surface area contributed by atoms with Gasteiger partial charge in [-0.1, -0.05) is 28.1 Å². The minimum Gasteiger partial charge on any atom is -0.332 e. The zero-order valence-electron chi connectivity index (χ0n) is 10.5. The quantitative estimate of drug-likeness (QED) is 0.895. The summed E-state index contributed by atoms with van der Waals surface area (Å²) in [5.74, 6) is 0.566. The van der Waals surface area contributed by atoms with Gasteiger partial charge in [-0.3, -0.25) is 0 Å². The summed E-state index contributed by atoms with van der Waals surface area (Å²) < 4.78 is 27.8. The van der Waals surface area contributed by atoms with Crippen LogP contribution >= 0.6 is 15.9 Å². The maximum absolute atomic E-state index is 12.1. The summed E-state index contributed by atoms with van der Waals surface area (Å²) in [7, 11) is -3.58. The van der Waals surface area contributed by atoms with Crippen molar-refractivity contribution in [2.24, 2.45) is 0 Å². The number of aromatic nitrogens is 2. The molecule has 2 N–H and O–H groups in total. The van der Waals surface area contributed by atoms with Gasteiger partial charge < -0.3 is 4.98 Å². The third-order valence-electron chi connectivity index (χ3n) is 2.67. The molecule has 19 heavy (non-hydrogen) atoms. The van der Waals surface area contributed by atoms with E-state index in [1.54, 1.807) is 13.8 Å². The van der Waals surface area contributed by atoms with Crippen LogP contribution in [-0.2, 0) is 10.0 Å². The molecule has 7 heteroatoms. The predicted molar refractivity (Wildman–Crippen MR) is 76.2 cm³/mol. The Bertz CT molecular complexity index is 665. The number of aryl methyl sites for hydroxylation is 1. The Labute approximate surface area is 120 Å². The van der Waals surface area contributed by atoms with Crippen molar-refractivity contribution in [3.8, 4) is 0 Å². The predicted octanol–water partition coefficient (Wildman–Crippen LogP) is 2.52. The summed E-state index contributed by atoms with van der Waals surface area (Å²) in [5, 5.41) is 0.0777. The first kappa shape index (κ1) is 14.2. The normalized spacial score (nSPS) is 13.4. The molecule has 1 atom stereocenters. The first-order valence-electron chi connectivity index (χ1n) is 5.68. The van der Waals surface area contributed by atoms with Gasteiger partial charge in [0, 0.05) is 10.5 Å². The Hall–Kier alpha value is -1.18. The van der Waals surface area contributed by atoms with E-state index in [9.17, 15) is 8.42 Å². The zero-order valence-corrected chi connectivity index (χ0v) is 12.9. The largest absolute Gasteiger partial charge is 0.332 e. The van der Waals surface area contributed by atoms with Gasteiger partial charge in [0.05, 0.1) is 6.20 Å². The lowest BCUT2D eigenvalue weighted by Gasteiger charge is -2.13. The summed E-state index contributed by atoms with van der Waals surface area (Å²) in [4.78, 5) is 6.61. The molecule has 0 saturated carbocycles. The molecule has 0 aliphatic carbocycles. The fraction of sp³-hybridized carbons (Fsp3) is 0.250. The molecule has 1 aromatic heterocycles. The van der Waals surface area contributed by atoms with Gasteiger partial charge in [-0.2, -0.15) is 0 Å². The molecule has 0 spiro atoms. The molecule has 102 valence electrons. The van der Waals surface area contributed by atoms with Gasteiger partial charge in [0.15, 0.2) is 5.03 Å². The summed E-state index contributed by atoms with van der Waals surface area (Å²) in [6, 6.07) is 7.17. The van der Waals surface area contributed by atoms with Crippen molar-refractivity contribution in [2.75, 3.05) is 0 Å². The number of hydrogen-bond acceptors (Lipinski definition) is 3. The molecular weight excluding hydrogens is 330 g/mol. The molecule has 2 aromatic rings. The molecule has 0 fully saturated rings. The lowest BCUT2D eigenvalue weighted by Crippen LogP contribution is -2.27. The van der Waals surface area contributed by atoms with Crippen LogP contribution in [-0.4, -0.2) is 18.4 Å². The number of aromatic amines is 1. The van der Waals surface area contributed by atoms with Gasteiger partial charge in [0.1, 0.15) is 5.82 Å². The average molecular weight is 344 g/mol. The highest BCUT2D eigenvalue weighted by atomic mass is 79.9. The molecule has 0 aliphatic heterocycles. The Balaban J connectivity index is 2.18. The molecule has 2 rings (SSSR count). The minimum absolute atomic E-state index is 0.0777. The average Bonchev–Trinajstić information content (AvgIpc) is 2.77. The number of sulfonamides is 1. The molecule has 0 unspecified atom stereocenters. The van der Waals surface area contributed by atoms with E-state index in [4.69, 9.17) is 0 Å². The molecule has 0 saturated heterocycles. The second-order valence-electron chi connectivity index (χ2n) is 4.23. The first-order valence-corrected chi connectivity index (χ1v) is 7.95. The van der Waals surface area contributed by atoms with E-state index >= 15 is 0 Å². The highest BCUT2D eigenvalue weighted by Crippen LogP contribution is 2.18. The molecule has 0 radical (unpaired) electrons. The van der Waals surface area contributed by atoms with Crippen LogP contribution in [0.4, 0.5) is 0 Å². The maximum Gasteiger partial charge on any atom is 0.258 e. The molecule has 0 aliphatic rings. The van der Waals surface area contributed by atoms with Crippen molar-refractivity contribution in [2.45, 2.75) is 24.9 Å². The Morgan fingerprint density at radius 1 is 1.32 bits per heavy atom. The van der Waals surface area contributed by atoms with Crippen LogP contribution in [0.15, 0.2) is 40.0 Å². The van der Waals surface area contributed by atoms with E-state index in [2.05, 4.69) is 30.6 Å². The molecule has 1 aromatic carbocycles. The van der Waals surface area contributed by atoms with Gasteiger partial charge in [-0.25, -0.2) is 18.1 Å². The monoisotopic (exact) mass is 343 g/mol. The van der Waals surface area contributed by atoms with Gasteiger partial charge >= 0.3 is 0 Å². The van der Waals surface area contributed by atoms with Crippen molar-refractivity contribution in [1.82, 2.24) is 14.7 Å². The Morgan fingerprint density at radius 2 is 1.95 bits per heavy atom. The Morgan fingerprint density at radius 3 is 2.47 bits per heavy atom. The van der Waals surface area contributed by atoms with Crippen LogP contribution in [0.2, 0.25) is 0 Å². The maximum atomic E-state index is 12.1. The van der Waals surface area contributed by atoms with E-state index in [1.807, 2.05) is 24.3 Å². The third kappa shape index (κ3) is 3.43. The van der Waals surface area contributed by atoms with Crippen LogP contribution in [0.1, 0.15) is 24.4 Å². The van der Waals surface area contributed by atoms with E-state index in [0.717, 1.165) is 10.0 Å². The zero-order chi connectivity index (χ0) is 14.0. The Kier molecular flexibility index (Phi) is 4.07. The lowest BCUT2D eigenvalue weighted by atomic mass is 10.1. The van der Waals surface area contributed by atoms with Crippen molar-refractivity contribution < 1.29 is 8.42 Å². The van der Waals surface area contributed by atoms with Crippen molar-refractivity contribution >= 4 is 26.0 Å². The molecular formula is C12H14BrN3O2S. The number of halogens is 1. The third-order valence-corrected chi connectivity index (χ3v) is 4.65. The summed E-state index contributed by atoms with van der Waals surface area (Å²) in [6.07, 6.45) is 1.31. The van der Waals surface area contributed by atoms with E-state index in [0.29, 0.717) is 5.82 Å². The van der Waals surface area contributed by atoms with Crippen molar-refractivity contribution in [3.63, 3.8) is 0 Å². The van der Waals surface area contributed by atoms with Crippen LogP contribution < -0.4 is 4.72 Å². The van der Waals surface area contributed by atoms with Crippen molar-refractivity contribution in [1.29, 1.82) is 0 Å². The highest BCUT2D eigenvalue weighted by Gasteiger charge is 2.20. The number of nitrogens with zero attached hydrogens (tertiary/aromatic N) is 1. The topological polar surface area (TPSA) is 74.8 Å². The fourth-order valence-corrected chi connectivity index (χ4v) is 3.12. The molecule has 0 amide bonds. The summed E-state index contributed by atoms with van der Waals surface area (Å²) in [6.45, 7) is 3.50. The van der Waals surface area contributed by atoms with Gasteiger partial charge in [0.25, 0.3) is 10.0 Å². The van der Waals surface area contributed by atoms with Gasteiger partial charge in [-0.05, 0) is 31.5 Å². The summed E-state index contributed by atoms with van der Waals surface area (Å²) in [5.41, 5.74) is 0.892. The van der Waals surface area contributed by atoms with Crippen LogP contribution in [0.3, 0.4) is 0 Å². The smallest absolute Gasteiger partial charge is 0.258 e. The van der Waals surface area contributed by atoms with Gasteiger partial charge in [0.2, 0.25) is 0 Å².